The molecule has 16 heavy (non-hydrogen) atoms. The SMILES string of the molecule is C/N=C/c1c(OC)cc(OC)cc1C(=O)O. The number of benzene rings is 1. The molecule has 0 spiro atoms. The van der Waals surface area contributed by atoms with E-state index >= 15 is 0 Å². The summed E-state index contributed by atoms with van der Waals surface area (Å²) in [6.07, 6.45) is 1.45. The zero-order valence-corrected chi connectivity index (χ0v) is 9.35. The molecule has 0 atom stereocenters. The maximum absolute atomic E-state index is 11.1. The van der Waals surface area contributed by atoms with Gasteiger partial charge in [0.25, 0.3) is 0 Å². The number of ether oxygens (including phenoxy) is 2. The molecule has 0 heterocycles. The van der Waals surface area contributed by atoms with Crippen molar-refractivity contribution < 1.29 is 19.4 Å². The van der Waals surface area contributed by atoms with Crippen LogP contribution in [-0.4, -0.2) is 38.6 Å². The molecule has 5 nitrogen and oxygen atoms in total. The number of carbonyl (C=O) groups is 1. The second-order valence-corrected chi connectivity index (χ2v) is 2.98. The molecule has 0 aromatic heterocycles. The van der Waals surface area contributed by atoms with E-state index in [2.05, 4.69) is 4.99 Å². The highest BCUT2D eigenvalue weighted by atomic mass is 16.5. The Morgan fingerprint density at radius 3 is 2.50 bits per heavy atom. The Balaban J connectivity index is 3.46. The first-order chi connectivity index (χ1) is 7.63. The molecule has 5 heteroatoms. The topological polar surface area (TPSA) is 68.1 Å². The van der Waals surface area contributed by atoms with E-state index in [4.69, 9.17) is 14.6 Å². The van der Waals surface area contributed by atoms with Gasteiger partial charge in [-0.05, 0) is 6.07 Å². The first kappa shape index (κ1) is 12.0. The molecule has 0 aliphatic carbocycles. The molecule has 0 unspecified atom stereocenters. The van der Waals surface area contributed by atoms with E-state index in [0.29, 0.717) is 17.1 Å². The number of methoxy groups -OCH3 is 2. The molecule has 0 fully saturated rings. The monoisotopic (exact) mass is 223 g/mol. The van der Waals surface area contributed by atoms with Crippen LogP contribution in [0.5, 0.6) is 11.5 Å². The molecule has 1 aromatic carbocycles. The summed E-state index contributed by atoms with van der Waals surface area (Å²) in [4.78, 5) is 14.9. The highest BCUT2D eigenvalue weighted by molar-refractivity contribution is 6.00. The van der Waals surface area contributed by atoms with Gasteiger partial charge in [0.1, 0.15) is 11.5 Å². The van der Waals surface area contributed by atoms with E-state index in [0.717, 1.165) is 0 Å². The molecule has 0 amide bonds. The lowest BCUT2D eigenvalue weighted by Gasteiger charge is -2.10. The van der Waals surface area contributed by atoms with Crippen molar-refractivity contribution in [3.8, 4) is 11.5 Å². The summed E-state index contributed by atoms with van der Waals surface area (Å²) in [5.74, 6) is -0.197. The number of aliphatic imine (C=N–C) groups is 1. The molecular weight excluding hydrogens is 210 g/mol. The third-order valence-electron chi connectivity index (χ3n) is 2.06. The Bertz CT molecular complexity index is 426. The minimum absolute atomic E-state index is 0.0989. The number of nitrogens with zero attached hydrogens (tertiary/aromatic N) is 1. The van der Waals surface area contributed by atoms with Gasteiger partial charge in [-0.2, -0.15) is 0 Å². The average molecular weight is 223 g/mol. The van der Waals surface area contributed by atoms with E-state index in [1.807, 2.05) is 0 Å². The van der Waals surface area contributed by atoms with Crippen LogP contribution in [0.15, 0.2) is 17.1 Å². The van der Waals surface area contributed by atoms with Crippen LogP contribution in [0.1, 0.15) is 15.9 Å². The lowest BCUT2D eigenvalue weighted by molar-refractivity contribution is 0.0696. The minimum Gasteiger partial charge on any atom is -0.497 e. The van der Waals surface area contributed by atoms with Crippen molar-refractivity contribution in [3.63, 3.8) is 0 Å². The van der Waals surface area contributed by atoms with E-state index in [9.17, 15) is 4.79 Å². The summed E-state index contributed by atoms with van der Waals surface area (Å²) in [5.41, 5.74) is 0.528. The average Bonchev–Trinajstić information content (AvgIpc) is 2.29. The zero-order valence-electron chi connectivity index (χ0n) is 9.35. The molecule has 0 aliphatic rings. The van der Waals surface area contributed by atoms with Crippen molar-refractivity contribution in [1.82, 2.24) is 0 Å². The zero-order chi connectivity index (χ0) is 12.1. The highest BCUT2D eigenvalue weighted by Crippen LogP contribution is 2.27. The minimum atomic E-state index is -1.05. The van der Waals surface area contributed by atoms with Crippen LogP contribution < -0.4 is 9.47 Å². The first-order valence-corrected chi connectivity index (χ1v) is 4.55. The highest BCUT2D eigenvalue weighted by Gasteiger charge is 2.15. The van der Waals surface area contributed by atoms with Crippen LogP contribution in [0.3, 0.4) is 0 Å². The summed E-state index contributed by atoms with van der Waals surface area (Å²) >= 11 is 0. The van der Waals surface area contributed by atoms with Crippen LogP contribution in [0.4, 0.5) is 0 Å². The molecule has 1 N–H and O–H groups in total. The maximum Gasteiger partial charge on any atom is 0.336 e. The van der Waals surface area contributed by atoms with Gasteiger partial charge in [-0.15, -0.1) is 0 Å². The molecule has 0 saturated carbocycles. The smallest absolute Gasteiger partial charge is 0.336 e. The number of carboxylic acids is 1. The molecule has 0 aliphatic heterocycles. The number of hydrogen-bond donors (Lipinski definition) is 1. The lowest BCUT2D eigenvalue weighted by atomic mass is 10.1. The Labute approximate surface area is 93.3 Å². The van der Waals surface area contributed by atoms with Crippen molar-refractivity contribution in [3.05, 3.63) is 23.3 Å². The number of rotatable bonds is 4. The van der Waals surface area contributed by atoms with E-state index in [-0.39, 0.29) is 5.56 Å². The van der Waals surface area contributed by atoms with E-state index < -0.39 is 5.97 Å². The fourth-order valence-electron chi connectivity index (χ4n) is 1.33. The van der Waals surface area contributed by atoms with Gasteiger partial charge in [0.15, 0.2) is 0 Å². The van der Waals surface area contributed by atoms with Gasteiger partial charge in [0.05, 0.1) is 19.8 Å². The summed E-state index contributed by atoms with van der Waals surface area (Å²) in [5, 5.41) is 9.06. The largest absolute Gasteiger partial charge is 0.497 e. The molecule has 86 valence electrons. The van der Waals surface area contributed by atoms with Crippen LogP contribution >= 0.6 is 0 Å². The third kappa shape index (κ3) is 2.31. The molecule has 0 saturated heterocycles. The molecule has 1 rings (SSSR count). The number of carboxylic acid groups (broad SMARTS) is 1. The van der Waals surface area contributed by atoms with E-state index in [1.165, 1.54) is 26.5 Å². The Kier molecular flexibility index (Phi) is 3.88. The van der Waals surface area contributed by atoms with Gasteiger partial charge in [0.2, 0.25) is 0 Å². The normalized spacial score (nSPS) is 10.4. The Morgan fingerprint density at radius 1 is 1.38 bits per heavy atom. The van der Waals surface area contributed by atoms with Gasteiger partial charge >= 0.3 is 5.97 Å². The lowest BCUT2D eigenvalue weighted by Crippen LogP contribution is -2.05. The van der Waals surface area contributed by atoms with Gasteiger partial charge in [-0.25, -0.2) is 4.79 Å². The van der Waals surface area contributed by atoms with Gasteiger partial charge < -0.3 is 14.6 Å². The van der Waals surface area contributed by atoms with Crippen LogP contribution in [-0.2, 0) is 0 Å². The predicted molar refractivity (Wildman–Crippen MR) is 60.0 cm³/mol. The van der Waals surface area contributed by atoms with Gasteiger partial charge in [-0.3, -0.25) is 4.99 Å². The molecular formula is C11H13NO4. The summed E-state index contributed by atoms with van der Waals surface area (Å²) < 4.78 is 10.1. The second-order valence-electron chi connectivity index (χ2n) is 2.98. The Hall–Kier alpha value is -2.04. The predicted octanol–water partition coefficient (Wildman–Crippen LogP) is 1.45. The fraction of sp³-hybridized carbons (Fsp3) is 0.273. The van der Waals surface area contributed by atoms with Crippen molar-refractivity contribution in [2.24, 2.45) is 4.99 Å². The van der Waals surface area contributed by atoms with Crippen molar-refractivity contribution in [2.45, 2.75) is 0 Å². The van der Waals surface area contributed by atoms with Crippen LogP contribution in [0.25, 0.3) is 0 Å². The fourth-order valence-corrected chi connectivity index (χ4v) is 1.33. The Morgan fingerprint density at radius 2 is 2.06 bits per heavy atom. The molecule has 0 bridgehead atoms. The number of hydrogen-bond acceptors (Lipinski definition) is 4. The summed E-state index contributed by atoms with van der Waals surface area (Å²) in [6.45, 7) is 0. The van der Waals surface area contributed by atoms with Gasteiger partial charge in [0, 0.05) is 24.9 Å². The summed E-state index contributed by atoms with van der Waals surface area (Å²) in [7, 11) is 4.50. The van der Waals surface area contributed by atoms with Gasteiger partial charge in [-0.1, -0.05) is 0 Å². The maximum atomic E-state index is 11.1. The third-order valence-corrected chi connectivity index (χ3v) is 2.06. The first-order valence-electron chi connectivity index (χ1n) is 4.55. The van der Waals surface area contributed by atoms with Crippen molar-refractivity contribution in [1.29, 1.82) is 0 Å². The number of aromatic carboxylic acids is 1. The van der Waals surface area contributed by atoms with Crippen molar-refractivity contribution >= 4 is 12.2 Å². The standard InChI is InChI=1S/C11H13NO4/c1-12-6-9-8(11(13)14)4-7(15-2)5-10(9)16-3/h4-6H,1-3H3,(H,13,14)/b12-6+. The second kappa shape index (κ2) is 5.16. The van der Waals surface area contributed by atoms with Crippen molar-refractivity contribution in [2.75, 3.05) is 21.3 Å². The molecule has 0 radical (unpaired) electrons. The van der Waals surface area contributed by atoms with E-state index in [1.54, 1.807) is 13.1 Å². The quantitative estimate of drug-likeness (QED) is 0.784. The summed E-state index contributed by atoms with van der Waals surface area (Å²) in [6, 6.07) is 3.05. The molecule has 1 aromatic rings. The van der Waals surface area contributed by atoms with Crippen LogP contribution in [0, 0.1) is 0 Å². The van der Waals surface area contributed by atoms with Crippen LogP contribution in [0.2, 0.25) is 0 Å².